The molecule has 17 heavy (non-hydrogen) atoms. The molecule has 0 aliphatic rings. The fourth-order valence-corrected chi connectivity index (χ4v) is 1.68. The third kappa shape index (κ3) is 2.54. The number of carboxylic acid groups (broad SMARTS) is 1. The molecule has 0 saturated carbocycles. The first-order valence-corrected chi connectivity index (χ1v) is 5.18. The quantitative estimate of drug-likeness (QED) is 0.628. The van der Waals surface area contributed by atoms with Crippen molar-refractivity contribution in [2.75, 3.05) is 0 Å². The summed E-state index contributed by atoms with van der Waals surface area (Å²) < 4.78 is 0. The normalized spacial score (nSPS) is 12.8. The van der Waals surface area contributed by atoms with E-state index in [9.17, 15) is 14.7 Å². The van der Waals surface area contributed by atoms with Crippen LogP contribution in [0, 0.1) is 0 Å². The van der Waals surface area contributed by atoms with Gasteiger partial charge in [-0.05, 0) is 24.1 Å². The number of H-pyrrole nitrogens is 2. The second kappa shape index (κ2) is 4.42. The summed E-state index contributed by atoms with van der Waals surface area (Å²) in [5.74, 6) is -0.944. The molecule has 0 amide bonds. The number of carbonyl (C=O) groups is 1. The van der Waals surface area contributed by atoms with Gasteiger partial charge in [-0.3, -0.25) is 4.79 Å². The average molecular weight is 236 g/mol. The maximum Gasteiger partial charge on any atom is 0.323 e. The lowest BCUT2D eigenvalue weighted by molar-refractivity contribution is -0.137. The van der Waals surface area contributed by atoms with Gasteiger partial charge >= 0.3 is 11.7 Å². The van der Waals surface area contributed by atoms with E-state index < -0.39 is 12.1 Å². The molecule has 6 nitrogen and oxygen atoms in total. The lowest BCUT2D eigenvalue weighted by Crippen LogP contribution is -2.02. The molecule has 0 spiro atoms. The number of carboxylic acids is 1. The first-order chi connectivity index (χ1) is 8.06. The third-order valence-electron chi connectivity index (χ3n) is 2.56. The predicted molar refractivity (Wildman–Crippen MR) is 60.7 cm³/mol. The minimum Gasteiger partial charge on any atom is -0.481 e. The van der Waals surface area contributed by atoms with Crippen molar-refractivity contribution in [2.24, 2.45) is 0 Å². The fraction of sp³-hybridized carbons (Fsp3) is 0.273. The SMILES string of the molecule is O=C(O)CCC(O)c1ccc2[nH]c(=O)[nH]c2c1. The molecular weight excluding hydrogens is 224 g/mol. The number of benzene rings is 1. The maximum atomic E-state index is 11.0. The number of hydrogen-bond donors (Lipinski definition) is 4. The monoisotopic (exact) mass is 236 g/mol. The summed E-state index contributed by atoms with van der Waals surface area (Å²) >= 11 is 0. The Morgan fingerprint density at radius 1 is 1.29 bits per heavy atom. The number of fused-ring (bicyclic) bond motifs is 1. The molecule has 6 heteroatoms. The zero-order valence-corrected chi connectivity index (χ0v) is 8.93. The standard InChI is InChI=1S/C11H12N2O4/c14-9(3-4-10(15)16)6-1-2-7-8(5-6)13-11(17)12-7/h1-2,5,9,14H,3-4H2,(H,15,16)(H2,12,13,17). The van der Waals surface area contributed by atoms with Gasteiger partial charge in [-0.15, -0.1) is 0 Å². The van der Waals surface area contributed by atoms with Crippen molar-refractivity contribution >= 4 is 17.0 Å². The molecule has 0 fully saturated rings. The Hall–Kier alpha value is -2.08. The van der Waals surface area contributed by atoms with E-state index in [-0.39, 0.29) is 18.5 Å². The number of hydrogen-bond acceptors (Lipinski definition) is 3. The first kappa shape index (κ1) is 11.4. The smallest absolute Gasteiger partial charge is 0.323 e. The molecule has 0 aliphatic heterocycles. The molecule has 2 rings (SSSR count). The lowest BCUT2D eigenvalue weighted by Gasteiger charge is -2.09. The van der Waals surface area contributed by atoms with Gasteiger partial charge in [-0.1, -0.05) is 6.07 Å². The van der Waals surface area contributed by atoms with Crippen LogP contribution in [0.1, 0.15) is 24.5 Å². The van der Waals surface area contributed by atoms with E-state index in [2.05, 4.69) is 9.97 Å². The Kier molecular flexibility index (Phi) is 2.97. The largest absolute Gasteiger partial charge is 0.481 e. The molecule has 1 atom stereocenters. The van der Waals surface area contributed by atoms with Gasteiger partial charge < -0.3 is 20.2 Å². The molecule has 1 aromatic heterocycles. The van der Waals surface area contributed by atoms with Crippen molar-refractivity contribution in [1.29, 1.82) is 0 Å². The van der Waals surface area contributed by atoms with Gasteiger partial charge in [0.25, 0.3) is 0 Å². The Morgan fingerprint density at radius 3 is 2.71 bits per heavy atom. The lowest BCUT2D eigenvalue weighted by atomic mass is 10.0. The van der Waals surface area contributed by atoms with Gasteiger partial charge in [-0.25, -0.2) is 4.79 Å². The minimum absolute atomic E-state index is 0.0944. The van der Waals surface area contributed by atoms with Gasteiger partial charge in [0.1, 0.15) is 0 Å². The summed E-state index contributed by atoms with van der Waals surface area (Å²) in [5, 5.41) is 18.3. The van der Waals surface area contributed by atoms with Crippen LogP contribution in [-0.4, -0.2) is 26.2 Å². The fourth-order valence-electron chi connectivity index (χ4n) is 1.68. The Morgan fingerprint density at radius 2 is 2.00 bits per heavy atom. The first-order valence-electron chi connectivity index (χ1n) is 5.18. The van der Waals surface area contributed by atoms with Crippen LogP contribution in [0.4, 0.5) is 0 Å². The molecule has 1 unspecified atom stereocenters. The molecule has 0 saturated heterocycles. The highest BCUT2D eigenvalue weighted by molar-refractivity contribution is 5.75. The summed E-state index contributed by atoms with van der Waals surface area (Å²) in [6.07, 6.45) is -0.785. The molecule has 1 heterocycles. The molecule has 4 N–H and O–H groups in total. The summed E-state index contributed by atoms with van der Waals surface area (Å²) in [6, 6.07) is 4.98. The average Bonchev–Trinajstić information content (AvgIpc) is 2.64. The number of aliphatic carboxylic acids is 1. The van der Waals surface area contributed by atoms with Crippen molar-refractivity contribution in [1.82, 2.24) is 9.97 Å². The van der Waals surface area contributed by atoms with Gasteiger partial charge in [0, 0.05) is 6.42 Å². The van der Waals surface area contributed by atoms with Crippen LogP contribution in [0.15, 0.2) is 23.0 Å². The van der Waals surface area contributed by atoms with E-state index in [1.807, 2.05) is 0 Å². The van der Waals surface area contributed by atoms with Crippen molar-refractivity contribution in [2.45, 2.75) is 18.9 Å². The van der Waals surface area contributed by atoms with Gasteiger partial charge in [-0.2, -0.15) is 0 Å². The topological polar surface area (TPSA) is 106 Å². The van der Waals surface area contributed by atoms with E-state index in [1.54, 1.807) is 18.2 Å². The van der Waals surface area contributed by atoms with E-state index in [0.717, 1.165) is 0 Å². The zero-order chi connectivity index (χ0) is 12.4. The number of aliphatic hydroxyl groups excluding tert-OH is 1. The number of imidazole rings is 1. The Bertz CT molecular complexity index is 599. The van der Waals surface area contributed by atoms with E-state index in [4.69, 9.17) is 5.11 Å². The molecule has 0 radical (unpaired) electrons. The van der Waals surface area contributed by atoms with Crippen molar-refractivity contribution < 1.29 is 15.0 Å². The minimum atomic E-state index is -0.944. The number of aliphatic hydroxyl groups is 1. The van der Waals surface area contributed by atoms with E-state index in [1.165, 1.54) is 0 Å². The molecule has 2 aromatic rings. The maximum absolute atomic E-state index is 11.0. The summed E-state index contributed by atoms with van der Waals surface area (Å²) in [7, 11) is 0. The summed E-state index contributed by atoms with van der Waals surface area (Å²) in [5.41, 5.74) is 1.54. The second-order valence-electron chi connectivity index (χ2n) is 3.83. The van der Waals surface area contributed by atoms with Gasteiger partial charge in [0.15, 0.2) is 0 Å². The molecule has 0 bridgehead atoms. The number of rotatable bonds is 4. The van der Waals surface area contributed by atoms with Crippen molar-refractivity contribution in [3.8, 4) is 0 Å². The third-order valence-corrected chi connectivity index (χ3v) is 2.56. The van der Waals surface area contributed by atoms with Gasteiger partial charge in [0.2, 0.25) is 0 Å². The molecule has 0 aliphatic carbocycles. The van der Waals surface area contributed by atoms with Crippen molar-refractivity contribution in [3.05, 3.63) is 34.2 Å². The van der Waals surface area contributed by atoms with E-state index in [0.29, 0.717) is 16.6 Å². The van der Waals surface area contributed by atoms with Gasteiger partial charge in [0.05, 0.1) is 17.1 Å². The number of aromatic amines is 2. The summed E-state index contributed by atoms with van der Waals surface area (Å²) in [4.78, 5) is 26.6. The predicted octanol–water partition coefficient (Wildman–Crippen LogP) is 0.754. The van der Waals surface area contributed by atoms with Crippen molar-refractivity contribution in [3.63, 3.8) is 0 Å². The highest BCUT2D eigenvalue weighted by Gasteiger charge is 2.11. The van der Waals surface area contributed by atoms with Crippen LogP contribution in [0.25, 0.3) is 11.0 Å². The highest BCUT2D eigenvalue weighted by atomic mass is 16.4. The second-order valence-corrected chi connectivity index (χ2v) is 3.83. The Balaban J connectivity index is 2.23. The number of aromatic nitrogens is 2. The van der Waals surface area contributed by atoms with Crippen LogP contribution in [0.2, 0.25) is 0 Å². The number of nitrogens with one attached hydrogen (secondary N) is 2. The van der Waals surface area contributed by atoms with Crippen LogP contribution in [-0.2, 0) is 4.79 Å². The van der Waals surface area contributed by atoms with Crippen LogP contribution < -0.4 is 5.69 Å². The van der Waals surface area contributed by atoms with Crippen LogP contribution >= 0.6 is 0 Å². The molecular formula is C11H12N2O4. The zero-order valence-electron chi connectivity index (χ0n) is 8.93. The Labute approximate surface area is 95.9 Å². The molecule has 1 aromatic carbocycles. The summed E-state index contributed by atoms with van der Waals surface area (Å²) in [6.45, 7) is 0. The van der Waals surface area contributed by atoms with Crippen LogP contribution in [0.3, 0.4) is 0 Å². The van der Waals surface area contributed by atoms with Crippen LogP contribution in [0.5, 0.6) is 0 Å². The van der Waals surface area contributed by atoms with E-state index >= 15 is 0 Å². The molecule has 90 valence electrons. The highest BCUT2D eigenvalue weighted by Crippen LogP contribution is 2.20.